The van der Waals surface area contributed by atoms with Gasteiger partial charge in [-0.2, -0.15) is 5.43 Å². The summed E-state index contributed by atoms with van der Waals surface area (Å²) in [7, 11) is 2.07. The number of aliphatic hydroxyl groups excluding tert-OH is 1. The van der Waals surface area contributed by atoms with Crippen molar-refractivity contribution in [1.29, 1.82) is 0 Å². The lowest BCUT2D eigenvalue weighted by Gasteiger charge is -2.38. The Morgan fingerprint density at radius 2 is 2.15 bits per heavy atom. The molecule has 1 amide bonds. The molecule has 5 heteroatoms. The van der Waals surface area contributed by atoms with Crippen molar-refractivity contribution in [2.45, 2.75) is 6.10 Å². The molecule has 0 aromatic heterocycles. The fraction of sp³-hybridized carbons (Fsp3) is 0.875. The number of hydrogen-bond donors (Lipinski definition) is 2. The molecule has 5 nitrogen and oxygen atoms in total. The van der Waals surface area contributed by atoms with Crippen molar-refractivity contribution in [2.24, 2.45) is 0 Å². The molecule has 1 unspecified atom stereocenters. The minimum absolute atomic E-state index is 0.218. The highest BCUT2D eigenvalue weighted by atomic mass is 16.3. The number of hydrogen-bond acceptors (Lipinski definition) is 3. The number of carbonyl (C=O) groups excluding carboxylic acids is 1. The highest BCUT2D eigenvalue weighted by Gasteiger charge is 2.45. The Morgan fingerprint density at radius 3 is 2.62 bits per heavy atom. The quantitative estimate of drug-likeness (QED) is 0.437. The zero-order valence-corrected chi connectivity index (χ0v) is 7.86. The van der Waals surface area contributed by atoms with Crippen LogP contribution in [0.1, 0.15) is 0 Å². The molecule has 13 heavy (non-hydrogen) atoms. The lowest BCUT2D eigenvalue weighted by Crippen LogP contribution is -2.63. The lowest BCUT2D eigenvalue weighted by molar-refractivity contribution is -0.957. The highest BCUT2D eigenvalue weighted by Crippen LogP contribution is 2.15. The first kappa shape index (κ1) is 8.93. The van der Waals surface area contributed by atoms with Gasteiger partial charge in [-0.3, -0.25) is 9.69 Å². The van der Waals surface area contributed by atoms with Crippen molar-refractivity contribution < 1.29 is 14.5 Å². The predicted molar refractivity (Wildman–Crippen MR) is 46.5 cm³/mol. The van der Waals surface area contributed by atoms with Gasteiger partial charge in [0.05, 0.1) is 0 Å². The Labute approximate surface area is 77.5 Å². The van der Waals surface area contributed by atoms with Crippen LogP contribution in [0.3, 0.4) is 0 Å². The van der Waals surface area contributed by atoms with Crippen molar-refractivity contribution in [2.75, 3.05) is 39.8 Å². The van der Waals surface area contributed by atoms with Gasteiger partial charge >= 0.3 is 0 Å². The molecule has 0 aromatic rings. The van der Waals surface area contributed by atoms with Crippen LogP contribution >= 0.6 is 0 Å². The molecule has 2 fully saturated rings. The van der Waals surface area contributed by atoms with E-state index in [-0.39, 0.29) is 5.91 Å². The molecule has 0 saturated carbocycles. The fourth-order valence-corrected chi connectivity index (χ4v) is 2.01. The van der Waals surface area contributed by atoms with Crippen LogP contribution in [-0.2, 0) is 4.79 Å². The van der Waals surface area contributed by atoms with E-state index in [4.69, 9.17) is 0 Å². The molecule has 74 valence electrons. The van der Waals surface area contributed by atoms with Gasteiger partial charge in [-0.1, -0.05) is 0 Å². The zero-order chi connectivity index (χ0) is 9.47. The molecule has 1 atom stereocenters. The van der Waals surface area contributed by atoms with Crippen LogP contribution in [-0.4, -0.2) is 66.4 Å². The smallest absolute Gasteiger partial charge is 0.299 e. The maximum Gasteiger partial charge on any atom is 0.299 e. The SMILES string of the molecule is CN1CC[N+]2(CC1)CC(O)C(=O)N2. The van der Waals surface area contributed by atoms with E-state index in [1.165, 1.54) is 0 Å². The van der Waals surface area contributed by atoms with E-state index in [9.17, 15) is 9.90 Å². The average Bonchev–Trinajstić information content (AvgIpc) is 2.36. The number of rotatable bonds is 0. The number of nitrogens with one attached hydrogen (secondary N) is 1. The topological polar surface area (TPSA) is 52.6 Å². The fourth-order valence-electron chi connectivity index (χ4n) is 2.01. The van der Waals surface area contributed by atoms with Crippen LogP contribution in [0.2, 0.25) is 0 Å². The molecular weight excluding hydrogens is 170 g/mol. The number of quaternary nitrogens is 1. The number of aliphatic hydroxyl groups is 1. The number of nitrogens with zero attached hydrogens (tertiary/aromatic N) is 2. The monoisotopic (exact) mass is 186 g/mol. The first-order chi connectivity index (χ1) is 6.11. The van der Waals surface area contributed by atoms with Gasteiger partial charge in [0.15, 0.2) is 6.10 Å². The standard InChI is InChI=1S/C8H15N3O2/c1-10-2-4-11(5-3-10)6-7(12)8(13)9-11/h7,12H,2-6H2,1H3/p+1. The van der Waals surface area contributed by atoms with Crippen LogP contribution < -0.4 is 5.43 Å². The maximum absolute atomic E-state index is 11.1. The Bertz CT molecular complexity index is 223. The average molecular weight is 186 g/mol. The summed E-state index contributed by atoms with van der Waals surface area (Å²) in [6.45, 7) is 4.30. The van der Waals surface area contributed by atoms with E-state index in [0.717, 1.165) is 26.2 Å². The molecule has 0 bridgehead atoms. The molecule has 2 aliphatic heterocycles. The second kappa shape index (κ2) is 2.94. The normalized spacial score (nSPS) is 33.7. The molecule has 0 aromatic carbocycles. The van der Waals surface area contributed by atoms with Gasteiger partial charge in [-0.25, -0.2) is 4.59 Å². The van der Waals surface area contributed by atoms with E-state index >= 15 is 0 Å². The van der Waals surface area contributed by atoms with Crippen molar-refractivity contribution in [3.8, 4) is 0 Å². The van der Waals surface area contributed by atoms with Gasteiger partial charge in [-0.05, 0) is 7.05 Å². The molecule has 2 N–H and O–H groups in total. The first-order valence-electron chi connectivity index (χ1n) is 4.66. The zero-order valence-electron chi connectivity index (χ0n) is 7.86. The summed E-state index contributed by atoms with van der Waals surface area (Å²) < 4.78 is 0.574. The highest BCUT2D eigenvalue weighted by molar-refractivity contribution is 5.80. The minimum Gasteiger partial charge on any atom is -0.378 e. The molecular formula is C8H16N3O2+. The van der Waals surface area contributed by atoms with Gasteiger partial charge in [0.25, 0.3) is 5.91 Å². The Hall–Kier alpha value is -0.650. The minimum atomic E-state index is -0.802. The first-order valence-corrected chi connectivity index (χ1v) is 4.66. The van der Waals surface area contributed by atoms with E-state index in [1.807, 2.05) is 0 Å². The maximum atomic E-state index is 11.1. The van der Waals surface area contributed by atoms with Crippen LogP contribution in [0.4, 0.5) is 0 Å². The van der Waals surface area contributed by atoms with E-state index in [1.54, 1.807) is 0 Å². The molecule has 2 saturated heterocycles. The lowest BCUT2D eigenvalue weighted by atomic mass is 10.3. The van der Waals surface area contributed by atoms with Crippen molar-refractivity contribution in [3.05, 3.63) is 0 Å². The van der Waals surface area contributed by atoms with Gasteiger partial charge in [0.2, 0.25) is 0 Å². The van der Waals surface area contributed by atoms with Crippen molar-refractivity contribution in [1.82, 2.24) is 10.3 Å². The van der Waals surface area contributed by atoms with Crippen LogP contribution in [0.5, 0.6) is 0 Å². The third-order valence-electron chi connectivity index (χ3n) is 2.99. The van der Waals surface area contributed by atoms with Crippen LogP contribution in [0.25, 0.3) is 0 Å². The number of piperazine rings is 1. The Balaban J connectivity index is 2.03. The second-order valence-corrected chi connectivity index (χ2v) is 4.07. The molecule has 1 spiro atoms. The van der Waals surface area contributed by atoms with Gasteiger partial charge in [0.1, 0.15) is 19.6 Å². The second-order valence-electron chi connectivity index (χ2n) is 4.07. The number of amides is 1. The number of likely N-dealkylation sites (N-methyl/N-ethyl adjacent to an activating group) is 1. The Kier molecular flexibility index (Phi) is 2.02. The van der Waals surface area contributed by atoms with Crippen LogP contribution in [0.15, 0.2) is 0 Å². The largest absolute Gasteiger partial charge is 0.378 e. The van der Waals surface area contributed by atoms with E-state index < -0.39 is 6.10 Å². The van der Waals surface area contributed by atoms with Gasteiger partial charge < -0.3 is 5.11 Å². The molecule has 0 radical (unpaired) electrons. The van der Waals surface area contributed by atoms with Gasteiger partial charge in [-0.15, -0.1) is 0 Å². The summed E-state index contributed by atoms with van der Waals surface area (Å²) in [6.07, 6.45) is -0.802. The third-order valence-corrected chi connectivity index (χ3v) is 2.99. The van der Waals surface area contributed by atoms with E-state index in [0.29, 0.717) is 11.1 Å². The molecule has 2 aliphatic rings. The summed E-state index contributed by atoms with van der Waals surface area (Å²) in [4.78, 5) is 13.4. The third kappa shape index (κ3) is 1.54. The van der Waals surface area contributed by atoms with E-state index in [2.05, 4.69) is 17.4 Å². The molecule has 2 heterocycles. The number of carbonyl (C=O) groups is 1. The molecule has 2 rings (SSSR count). The Morgan fingerprint density at radius 1 is 1.54 bits per heavy atom. The van der Waals surface area contributed by atoms with Crippen LogP contribution in [0, 0.1) is 0 Å². The summed E-state index contributed by atoms with van der Waals surface area (Å²) in [6, 6.07) is 0. The molecule has 0 aliphatic carbocycles. The summed E-state index contributed by atoms with van der Waals surface area (Å²) in [5.41, 5.74) is 2.86. The summed E-state index contributed by atoms with van der Waals surface area (Å²) >= 11 is 0. The van der Waals surface area contributed by atoms with Crippen molar-refractivity contribution in [3.63, 3.8) is 0 Å². The summed E-state index contributed by atoms with van der Waals surface area (Å²) in [5.74, 6) is -0.218. The predicted octanol–water partition coefficient (Wildman–Crippen LogP) is -1.85. The van der Waals surface area contributed by atoms with Gasteiger partial charge in [0, 0.05) is 13.1 Å². The summed E-state index contributed by atoms with van der Waals surface area (Å²) in [5, 5.41) is 9.34. The van der Waals surface area contributed by atoms with Crippen molar-refractivity contribution >= 4 is 5.91 Å².